The molecule has 24 heavy (non-hydrogen) atoms. The lowest BCUT2D eigenvalue weighted by molar-refractivity contribution is -0.386. The zero-order valence-corrected chi connectivity index (χ0v) is 13.8. The van der Waals surface area contributed by atoms with Crippen LogP contribution in [0.15, 0.2) is 47.6 Å². The van der Waals surface area contributed by atoms with Gasteiger partial charge in [-0.05, 0) is 11.6 Å². The van der Waals surface area contributed by atoms with Gasteiger partial charge in [0.25, 0.3) is 0 Å². The van der Waals surface area contributed by atoms with Crippen molar-refractivity contribution in [2.24, 2.45) is 5.10 Å². The van der Waals surface area contributed by atoms with Gasteiger partial charge >= 0.3 is 5.69 Å². The Morgan fingerprint density at radius 1 is 1.25 bits per heavy atom. The Labute approximate surface area is 140 Å². The number of hydrogen-bond acceptors (Lipinski definition) is 6. The van der Waals surface area contributed by atoms with Gasteiger partial charge in [-0.25, -0.2) is 0 Å². The number of hydrogen-bond donors (Lipinski definition) is 0. The van der Waals surface area contributed by atoms with Crippen LogP contribution in [-0.4, -0.2) is 37.4 Å². The second-order valence-corrected chi connectivity index (χ2v) is 5.19. The predicted octanol–water partition coefficient (Wildman–Crippen LogP) is 3.08. The molecule has 0 saturated carbocycles. The average molecular weight is 329 g/mol. The first-order valence-electron chi connectivity index (χ1n) is 7.25. The Hall–Kier alpha value is -3.09. The van der Waals surface area contributed by atoms with Crippen molar-refractivity contribution in [3.05, 3.63) is 63.7 Å². The van der Waals surface area contributed by atoms with Gasteiger partial charge in [0.05, 0.1) is 18.2 Å². The smallest absolute Gasteiger partial charge is 0.315 e. The van der Waals surface area contributed by atoms with E-state index in [9.17, 15) is 10.1 Å². The molecule has 0 aliphatic rings. The lowest BCUT2D eigenvalue weighted by Crippen LogP contribution is -2.04. The molecule has 0 aliphatic heterocycles. The molecule has 0 N–H and O–H groups in total. The Bertz CT molecular complexity index is 730. The van der Waals surface area contributed by atoms with E-state index in [1.54, 1.807) is 25.2 Å². The van der Waals surface area contributed by atoms with Crippen LogP contribution in [0.25, 0.3) is 0 Å². The minimum atomic E-state index is -0.490. The summed E-state index contributed by atoms with van der Waals surface area (Å²) in [6.07, 6.45) is 1.52. The molecule has 0 amide bonds. The third-order valence-corrected chi connectivity index (χ3v) is 3.14. The van der Waals surface area contributed by atoms with Crippen LogP contribution in [0.1, 0.15) is 11.1 Å². The number of rotatable bonds is 7. The SMILES string of the molecule is COc1cc(/C=N/N(C)C)cc([N+](=O)[O-])c1OCc1ccccc1. The van der Waals surface area contributed by atoms with E-state index in [1.807, 2.05) is 30.3 Å². The summed E-state index contributed by atoms with van der Waals surface area (Å²) in [5.74, 6) is 0.397. The summed E-state index contributed by atoms with van der Waals surface area (Å²) in [5.41, 5.74) is 1.30. The minimum absolute atomic E-state index is 0.105. The molecule has 126 valence electrons. The fourth-order valence-electron chi connectivity index (χ4n) is 2.03. The predicted molar refractivity (Wildman–Crippen MR) is 91.7 cm³/mol. The van der Waals surface area contributed by atoms with Gasteiger partial charge < -0.3 is 14.5 Å². The molecule has 0 heterocycles. The van der Waals surface area contributed by atoms with Crippen LogP contribution in [-0.2, 0) is 6.61 Å². The highest BCUT2D eigenvalue weighted by molar-refractivity contribution is 5.83. The zero-order valence-electron chi connectivity index (χ0n) is 13.8. The van der Waals surface area contributed by atoms with Crippen LogP contribution in [0.3, 0.4) is 0 Å². The molecule has 2 aromatic carbocycles. The number of ether oxygens (including phenoxy) is 2. The Balaban J connectivity index is 2.36. The van der Waals surface area contributed by atoms with E-state index in [0.717, 1.165) is 5.56 Å². The standard InChI is InChI=1S/C17H19N3O4/c1-19(2)18-11-14-9-15(20(21)22)17(16(10-14)23-3)24-12-13-7-5-4-6-8-13/h4-11H,12H2,1-3H3/b18-11+. The highest BCUT2D eigenvalue weighted by Crippen LogP contribution is 2.38. The summed E-state index contributed by atoms with van der Waals surface area (Å²) < 4.78 is 10.9. The molecule has 0 saturated heterocycles. The van der Waals surface area contributed by atoms with Crippen molar-refractivity contribution in [2.45, 2.75) is 6.61 Å². The third kappa shape index (κ3) is 4.45. The molecular weight excluding hydrogens is 310 g/mol. The van der Waals surface area contributed by atoms with Crippen LogP contribution in [0.2, 0.25) is 0 Å². The van der Waals surface area contributed by atoms with Crippen LogP contribution in [0.5, 0.6) is 11.5 Å². The Kier molecular flexibility index (Phi) is 5.73. The first-order valence-corrected chi connectivity index (χ1v) is 7.25. The van der Waals surface area contributed by atoms with Gasteiger partial charge in [0.2, 0.25) is 5.75 Å². The molecule has 0 aliphatic carbocycles. The van der Waals surface area contributed by atoms with Crippen molar-refractivity contribution in [1.82, 2.24) is 5.01 Å². The molecule has 0 fully saturated rings. The first kappa shape index (κ1) is 17.3. The van der Waals surface area contributed by atoms with Gasteiger partial charge in [0.15, 0.2) is 5.75 Å². The van der Waals surface area contributed by atoms with E-state index in [-0.39, 0.29) is 18.0 Å². The Morgan fingerprint density at radius 2 is 1.96 bits per heavy atom. The normalized spacial score (nSPS) is 10.6. The van der Waals surface area contributed by atoms with Gasteiger partial charge in [0.1, 0.15) is 6.61 Å². The molecule has 0 radical (unpaired) electrons. The molecule has 7 nitrogen and oxygen atoms in total. The summed E-state index contributed by atoms with van der Waals surface area (Å²) in [4.78, 5) is 10.9. The second kappa shape index (κ2) is 7.96. The number of hydrazone groups is 1. The van der Waals surface area contributed by atoms with Gasteiger partial charge in [0, 0.05) is 25.7 Å². The lowest BCUT2D eigenvalue weighted by atomic mass is 10.1. The average Bonchev–Trinajstić information content (AvgIpc) is 2.58. The maximum absolute atomic E-state index is 11.4. The summed E-state index contributed by atoms with van der Waals surface area (Å²) in [6.45, 7) is 0.211. The zero-order chi connectivity index (χ0) is 17.5. The van der Waals surface area contributed by atoms with Gasteiger partial charge in [-0.3, -0.25) is 10.1 Å². The fourth-order valence-corrected chi connectivity index (χ4v) is 2.03. The first-order chi connectivity index (χ1) is 11.5. The maximum atomic E-state index is 11.4. The summed E-state index contributed by atoms with van der Waals surface area (Å²) in [6, 6.07) is 12.5. The Morgan fingerprint density at radius 3 is 2.54 bits per heavy atom. The number of methoxy groups -OCH3 is 1. The molecule has 0 aromatic heterocycles. The van der Waals surface area contributed by atoms with Crippen molar-refractivity contribution in [3.8, 4) is 11.5 Å². The van der Waals surface area contributed by atoms with E-state index in [0.29, 0.717) is 11.3 Å². The van der Waals surface area contributed by atoms with Gasteiger partial charge in [-0.15, -0.1) is 0 Å². The van der Waals surface area contributed by atoms with Crippen molar-refractivity contribution in [3.63, 3.8) is 0 Å². The van der Waals surface area contributed by atoms with Crippen LogP contribution >= 0.6 is 0 Å². The van der Waals surface area contributed by atoms with Crippen molar-refractivity contribution in [2.75, 3.05) is 21.2 Å². The number of nitro benzene ring substituents is 1. The molecule has 0 bridgehead atoms. The number of benzene rings is 2. The summed E-state index contributed by atoms with van der Waals surface area (Å²) in [7, 11) is 4.97. The fraction of sp³-hybridized carbons (Fsp3) is 0.235. The van der Waals surface area contributed by atoms with Crippen LogP contribution in [0.4, 0.5) is 5.69 Å². The second-order valence-electron chi connectivity index (χ2n) is 5.19. The summed E-state index contributed by atoms with van der Waals surface area (Å²) >= 11 is 0. The molecule has 0 atom stereocenters. The monoisotopic (exact) mass is 329 g/mol. The van der Waals surface area contributed by atoms with Crippen molar-refractivity contribution < 1.29 is 14.4 Å². The molecule has 0 unspecified atom stereocenters. The van der Waals surface area contributed by atoms with E-state index < -0.39 is 4.92 Å². The van der Waals surface area contributed by atoms with Crippen molar-refractivity contribution >= 4 is 11.9 Å². The highest BCUT2D eigenvalue weighted by Gasteiger charge is 2.22. The molecule has 2 aromatic rings. The third-order valence-electron chi connectivity index (χ3n) is 3.14. The molecule has 0 spiro atoms. The van der Waals surface area contributed by atoms with E-state index in [4.69, 9.17) is 9.47 Å². The molecule has 7 heteroatoms. The minimum Gasteiger partial charge on any atom is -0.493 e. The van der Waals surface area contributed by atoms with Gasteiger partial charge in [-0.1, -0.05) is 30.3 Å². The van der Waals surface area contributed by atoms with Crippen molar-refractivity contribution in [1.29, 1.82) is 0 Å². The maximum Gasteiger partial charge on any atom is 0.315 e. The topological polar surface area (TPSA) is 77.2 Å². The number of nitro groups is 1. The number of nitrogens with zero attached hydrogens (tertiary/aromatic N) is 3. The molecular formula is C17H19N3O4. The van der Waals surface area contributed by atoms with E-state index in [2.05, 4.69) is 5.10 Å². The quantitative estimate of drug-likeness (QED) is 0.443. The highest BCUT2D eigenvalue weighted by atomic mass is 16.6. The lowest BCUT2D eigenvalue weighted by Gasteiger charge is -2.12. The summed E-state index contributed by atoms with van der Waals surface area (Å²) in [5, 5.41) is 17.1. The van der Waals surface area contributed by atoms with E-state index >= 15 is 0 Å². The van der Waals surface area contributed by atoms with Crippen LogP contribution < -0.4 is 9.47 Å². The van der Waals surface area contributed by atoms with Gasteiger partial charge in [-0.2, -0.15) is 5.10 Å². The van der Waals surface area contributed by atoms with E-state index in [1.165, 1.54) is 19.4 Å². The van der Waals surface area contributed by atoms with Crippen LogP contribution in [0, 0.1) is 10.1 Å². The molecule has 2 rings (SSSR count). The largest absolute Gasteiger partial charge is 0.493 e.